The molecule has 1 rings (SSSR count). The Morgan fingerprint density at radius 3 is 2.56 bits per heavy atom. The molecule has 1 aliphatic heterocycles. The summed E-state index contributed by atoms with van der Waals surface area (Å²) in [4.78, 5) is 0. The molecule has 2 nitrogen and oxygen atoms in total. The van der Waals surface area contributed by atoms with Crippen LogP contribution in [-0.4, -0.2) is 24.8 Å². The van der Waals surface area contributed by atoms with Crippen molar-refractivity contribution in [3.8, 4) is 0 Å². The van der Waals surface area contributed by atoms with Gasteiger partial charge in [0.05, 0.1) is 13.2 Å². The number of rotatable bonds is 2. The molecule has 1 atom stereocenters. The Balaban J connectivity index is 2.11. The van der Waals surface area contributed by atoms with Crippen molar-refractivity contribution in [1.29, 1.82) is 0 Å². The van der Waals surface area contributed by atoms with E-state index in [4.69, 9.17) is 9.47 Å². The molecule has 0 aromatic rings. The number of hydrogen-bond donors (Lipinski definition) is 1. The highest BCUT2D eigenvalue weighted by molar-refractivity contribution is 7.80. The molecule has 0 radical (unpaired) electrons. The monoisotopic (exact) mass is 148 g/mol. The van der Waals surface area contributed by atoms with Crippen LogP contribution < -0.4 is 0 Å². The van der Waals surface area contributed by atoms with Crippen LogP contribution in [-0.2, 0) is 9.47 Å². The minimum atomic E-state index is 0.0116. The van der Waals surface area contributed by atoms with Crippen LogP contribution in [0, 0.1) is 0 Å². The normalized spacial score (nSPS) is 24.7. The first-order valence-corrected chi connectivity index (χ1v) is 3.72. The molecule has 3 heteroatoms. The Bertz CT molecular complexity index is 79.1. The Morgan fingerprint density at radius 1 is 1.56 bits per heavy atom. The van der Waals surface area contributed by atoms with Crippen LogP contribution in [0.5, 0.6) is 0 Å². The smallest absolute Gasteiger partial charge is 0.158 e. The third-order valence-corrected chi connectivity index (χ3v) is 1.44. The summed E-state index contributed by atoms with van der Waals surface area (Å²) in [6.07, 6.45) is 0.904. The molecule has 9 heavy (non-hydrogen) atoms. The van der Waals surface area contributed by atoms with E-state index in [1.165, 1.54) is 0 Å². The van der Waals surface area contributed by atoms with Crippen molar-refractivity contribution in [2.24, 2.45) is 0 Å². The van der Waals surface area contributed by atoms with Gasteiger partial charge in [0, 0.05) is 11.7 Å². The van der Waals surface area contributed by atoms with E-state index in [0.717, 1.165) is 19.6 Å². The van der Waals surface area contributed by atoms with Crippen LogP contribution in [0.15, 0.2) is 0 Å². The van der Waals surface area contributed by atoms with E-state index in [9.17, 15) is 0 Å². The lowest BCUT2D eigenvalue weighted by atomic mass is 10.3. The number of ether oxygens (including phenoxy) is 2. The van der Waals surface area contributed by atoms with Gasteiger partial charge in [0.25, 0.3) is 0 Å². The third-order valence-electron chi connectivity index (χ3n) is 1.22. The number of hydrogen-bond acceptors (Lipinski definition) is 3. The van der Waals surface area contributed by atoms with Gasteiger partial charge in [-0.2, -0.15) is 12.6 Å². The van der Waals surface area contributed by atoms with Gasteiger partial charge in [-0.05, 0) is 0 Å². The first kappa shape index (κ1) is 7.38. The van der Waals surface area contributed by atoms with E-state index >= 15 is 0 Å². The van der Waals surface area contributed by atoms with Crippen molar-refractivity contribution in [1.82, 2.24) is 0 Å². The van der Waals surface area contributed by atoms with Crippen molar-refractivity contribution in [3.05, 3.63) is 0 Å². The summed E-state index contributed by atoms with van der Waals surface area (Å²) in [5.41, 5.74) is 0. The van der Waals surface area contributed by atoms with Gasteiger partial charge in [0.1, 0.15) is 0 Å². The van der Waals surface area contributed by atoms with Gasteiger partial charge < -0.3 is 9.47 Å². The molecule has 54 valence electrons. The Hall–Kier alpha value is 0.270. The van der Waals surface area contributed by atoms with Crippen molar-refractivity contribution < 1.29 is 9.47 Å². The van der Waals surface area contributed by atoms with Crippen molar-refractivity contribution >= 4 is 12.6 Å². The summed E-state index contributed by atoms with van der Waals surface area (Å²) < 4.78 is 10.4. The third kappa shape index (κ3) is 2.56. The van der Waals surface area contributed by atoms with E-state index in [-0.39, 0.29) is 6.29 Å². The maximum atomic E-state index is 5.19. The second kappa shape index (κ2) is 3.44. The van der Waals surface area contributed by atoms with E-state index in [1.54, 1.807) is 0 Å². The first-order chi connectivity index (χ1) is 4.29. The molecule has 0 spiro atoms. The molecule has 1 fully saturated rings. The molecule has 1 unspecified atom stereocenters. The summed E-state index contributed by atoms with van der Waals surface area (Å²) in [5.74, 6) is 0. The van der Waals surface area contributed by atoms with E-state index in [0.29, 0.717) is 5.25 Å². The van der Waals surface area contributed by atoms with Crippen LogP contribution in [0.4, 0.5) is 0 Å². The van der Waals surface area contributed by atoms with Crippen LogP contribution in [0.25, 0.3) is 0 Å². The maximum absolute atomic E-state index is 5.19. The van der Waals surface area contributed by atoms with Gasteiger partial charge in [-0.15, -0.1) is 0 Å². The van der Waals surface area contributed by atoms with Crippen LogP contribution in [0.1, 0.15) is 13.3 Å². The van der Waals surface area contributed by atoms with Gasteiger partial charge in [0.2, 0.25) is 0 Å². The van der Waals surface area contributed by atoms with Gasteiger partial charge >= 0.3 is 0 Å². The lowest BCUT2D eigenvalue weighted by Gasteiger charge is -2.09. The summed E-state index contributed by atoms with van der Waals surface area (Å²) in [6, 6.07) is 0. The molecule has 1 aliphatic rings. The molecule has 0 amide bonds. The fraction of sp³-hybridized carbons (Fsp3) is 1.00. The van der Waals surface area contributed by atoms with Gasteiger partial charge in [-0.3, -0.25) is 0 Å². The largest absolute Gasteiger partial charge is 0.350 e. The van der Waals surface area contributed by atoms with E-state index < -0.39 is 0 Å². The second-order valence-corrected chi connectivity index (χ2v) is 3.14. The van der Waals surface area contributed by atoms with Gasteiger partial charge in [-0.1, -0.05) is 6.92 Å². The Morgan fingerprint density at radius 2 is 2.11 bits per heavy atom. The Kier molecular flexibility index (Phi) is 2.82. The predicted molar refractivity (Wildman–Crippen MR) is 38.8 cm³/mol. The molecular weight excluding hydrogens is 136 g/mol. The molecule has 0 N–H and O–H groups in total. The molecule has 0 bridgehead atoms. The summed E-state index contributed by atoms with van der Waals surface area (Å²) in [7, 11) is 0. The van der Waals surface area contributed by atoms with Crippen LogP contribution in [0.3, 0.4) is 0 Å². The van der Waals surface area contributed by atoms with Gasteiger partial charge in [-0.25, -0.2) is 0 Å². The highest BCUT2D eigenvalue weighted by Gasteiger charge is 2.16. The molecule has 1 heterocycles. The first-order valence-electron chi connectivity index (χ1n) is 3.20. The van der Waals surface area contributed by atoms with Crippen LogP contribution >= 0.6 is 12.6 Å². The SMILES string of the molecule is CC(S)CC1OCCO1. The van der Waals surface area contributed by atoms with Crippen LogP contribution in [0.2, 0.25) is 0 Å². The summed E-state index contributed by atoms with van der Waals surface area (Å²) in [5, 5.41) is 0.369. The Labute approximate surface area is 60.9 Å². The molecular formula is C6H12O2S. The van der Waals surface area contributed by atoms with Gasteiger partial charge in [0.15, 0.2) is 6.29 Å². The zero-order chi connectivity index (χ0) is 6.69. The quantitative estimate of drug-likeness (QED) is 0.590. The fourth-order valence-electron chi connectivity index (χ4n) is 0.822. The average Bonchev–Trinajstić information content (AvgIpc) is 2.15. The average molecular weight is 148 g/mol. The minimum absolute atomic E-state index is 0.0116. The van der Waals surface area contributed by atoms with Crippen molar-refractivity contribution in [3.63, 3.8) is 0 Å². The van der Waals surface area contributed by atoms with Crippen molar-refractivity contribution in [2.75, 3.05) is 13.2 Å². The lowest BCUT2D eigenvalue weighted by molar-refractivity contribution is -0.0457. The predicted octanol–water partition coefficient (Wildman–Crippen LogP) is 1.07. The molecule has 1 saturated heterocycles. The lowest BCUT2D eigenvalue weighted by Crippen LogP contribution is -2.11. The summed E-state index contributed by atoms with van der Waals surface area (Å²) >= 11 is 4.21. The standard InChI is InChI=1S/C6H12O2S/c1-5(9)4-6-7-2-3-8-6/h5-6,9H,2-4H2,1H3. The highest BCUT2D eigenvalue weighted by Crippen LogP contribution is 2.12. The fourth-order valence-corrected chi connectivity index (χ4v) is 0.994. The highest BCUT2D eigenvalue weighted by atomic mass is 32.1. The molecule has 0 aromatic carbocycles. The topological polar surface area (TPSA) is 18.5 Å². The maximum Gasteiger partial charge on any atom is 0.158 e. The van der Waals surface area contributed by atoms with Crippen molar-refractivity contribution in [2.45, 2.75) is 24.9 Å². The molecule has 0 aromatic heterocycles. The second-order valence-electron chi connectivity index (χ2n) is 2.26. The number of thiol groups is 1. The van der Waals surface area contributed by atoms with E-state index in [1.807, 2.05) is 6.92 Å². The zero-order valence-electron chi connectivity index (χ0n) is 5.54. The minimum Gasteiger partial charge on any atom is -0.350 e. The molecule has 0 aliphatic carbocycles. The summed E-state index contributed by atoms with van der Waals surface area (Å²) in [6.45, 7) is 3.52. The van der Waals surface area contributed by atoms with E-state index in [2.05, 4.69) is 12.6 Å². The zero-order valence-corrected chi connectivity index (χ0v) is 6.43. The molecule has 0 saturated carbocycles.